The van der Waals surface area contributed by atoms with E-state index in [0.717, 1.165) is 17.3 Å². The van der Waals surface area contributed by atoms with Gasteiger partial charge in [-0.3, -0.25) is 29.1 Å². The molecule has 0 aliphatic rings. The number of rotatable bonds is 7. The molecule has 2 amide bonds. The Kier molecular flexibility index (Phi) is 5.47. The van der Waals surface area contributed by atoms with E-state index in [0.29, 0.717) is 13.1 Å². The van der Waals surface area contributed by atoms with E-state index in [2.05, 4.69) is 20.8 Å². The summed E-state index contributed by atoms with van der Waals surface area (Å²) in [5, 5.41) is 24.1. The zero-order valence-corrected chi connectivity index (χ0v) is 14.1. The van der Waals surface area contributed by atoms with Crippen molar-refractivity contribution < 1.29 is 14.5 Å². The number of amides is 2. The summed E-state index contributed by atoms with van der Waals surface area (Å²) in [7, 11) is 1.42. The first-order valence-corrected chi connectivity index (χ1v) is 7.72. The summed E-state index contributed by atoms with van der Waals surface area (Å²) in [6, 6.07) is 0. The number of carbonyl (C=O) groups is 2. The molecule has 0 saturated heterocycles. The first-order valence-electron chi connectivity index (χ1n) is 7.72. The fraction of sp³-hybridized carbons (Fsp3) is 0.429. The second-order valence-corrected chi connectivity index (χ2v) is 5.22. The van der Waals surface area contributed by atoms with Crippen molar-refractivity contribution in [1.29, 1.82) is 0 Å². The Hall–Kier alpha value is -3.24. The van der Waals surface area contributed by atoms with Crippen LogP contribution in [0.1, 0.15) is 41.2 Å². The molecule has 0 unspecified atom stereocenters. The molecule has 0 spiro atoms. The monoisotopic (exact) mass is 349 g/mol. The summed E-state index contributed by atoms with van der Waals surface area (Å²) in [4.78, 5) is 35.0. The predicted molar refractivity (Wildman–Crippen MR) is 88.3 cm³/mol. The van der Waals surface area contributed by atoms with Crippen LogP contribution >= 0.6 is 0 Å². The van der Waals surface area contributed by atoms with Crippen LogP contribution in [0.15, 0.2) is 12.4 Å². The maximum Gasteiger partial charge on any atom is 0.320 e. The van der Waals surface area contributed by atoms with Crippen molar-refractivity contribution in [2.24, 2.45) is 7.05 Å². The van der Waals surface area contributed by atoms with Crippen LogP contribution in [0, 0.1) is 10.1 Å². The molecule has 2 N–H and O–H groups in total. The number of aryl methyl sites for hydroxylation is 2. The van der Waals surface area contributed by atoms with Crippen molar-refractivity contribution in [3.8, 4) is 0 Å². The summed E-state index contributed by atoms with van der Waals surface area (Å²) >= 11 is 0. The lowest BCUT2D eigenvalue weighted by molar-refractivity contribution is -0.385. The number of nitrogens with one attached hydrogen (secondary N) is 2. The van der Waals surface area contributed by atoms with Gasteiger partial charge in [0.25, 0.3) is 11.8 Å². The zero-order chi connectivity index (χ0) is 18.6. The van der Waals surface area contributed by atoms with Crippen LogP contribution < -0.4 is 10.6 Å². The molecule has 0 saturated carbocycles. The SMILES string of the molecule is CCCNC(=O)c1nn(CC)cc1NC(=O)c1c([N+](=O)[O-])cnn1C. The zero-order valence-electron chi connectivity index (χ0n) is 14.1. The number of hydrogen-bond acceptors (Lipinski definition) is 6. The molecule has 11 heteroatoms. The van der Waals surface area contributed by atoms with Gasteiger partial charge in [0.2, 0.25) is 5.69 Å². The molecule has 0 aliphatic carbocycles. The van der Waals surface area contributed by atoms with Crippen molar-refractivity contribution in [1.82, 2.24) is 24.9 Å². The Morgan fingerprint density at radius 3 is 2.64 bits per heavy atom. The van der Waals surface area contributed by atoms with E-state index < -0.39 is 22.4 Å². The summed E-state index contributed by atoms with van der Waals surface area (Å²) in [6.07, 6.45) is 3.25. The third-order valence-electron chi connectivity index (χ3n) is 3.42. The Morgan fingerprint density at radius 1 is 1.32 bits per heavy atom. The van der Waals surface area contributed by atoms with E-state index in [1.807, 2.05) is 13.8 Å². The van der Waals surface area contributed by atoms with Gasteiger partial charge < -0.3 is 10.6 Å². The average molecular weight is 349 g/mol. The second kappa shape index (κ2) is 7.55. The van der Waals surface area contributed by atoms with Gasteiger partial charge >= 0.3 is 5.69 Å². The van der Waals surface area contributed by atoms with Gasteiger partial charge in [0, 0.05) is 26.3 Å². The van der Waals surface area contributed by atoms with E-state index in [4.69, 9.17) is 0 Å². The molecule has 11 nitrogen and oxygen atoms in total. The van der Waals surface area contributed by atoms with Crippen LogP contribution in [0.3, 0.4) is 0 Å². The molecule has 0 aromatic carbocycles. The Morgan fingerprint density at radius 2 is 2.04 bits per heavy atom. The highest BCUT2D eigenvalue weighted by Crippen LogP contribution is 2.20. The van der Waals surface area contributed by atoms with E-state index in [1.54, 1.807) is 0 Å². The van der Waals surface area contributed by atoms with Crippen molar-refractivity contribution >= 4 is 23.2 Å². The topological polar surface area (TPSA) is 137 Å². The van der Waals surface area contributed by atoms with Gasteiger partial charge in [-0.05, 0) is 13.3 Å². The Bertz CT molecular complexity index is 808. The van der Waals surface area contributed by atoms with Gasteiger partial charge in [0.05, 0.1) is 10.6 Å². The lowest BCUT2D eigenvalue weighted by Gasteiger charge is -2.06. The fourth-order valence-electron chi connectivity index (χ4n) is 2.17. The van der Waals surface area contributed by atoms with E-state index in [-0.39, 0.29) is 17.1 Å². The maximum atomic E-state index is 12.5. The minimum absolute atomic E-state index is 0.0495. The maximum absolute atomic E-state index is 12.5. The lowest BCUT2D eigenvalue weighted by Crippen LogP contribution is -2.26. The number of anilines is 1. The second-order valence-electron chi connectivity index (χ2n) is 5.22. The highest BCUT2D eigenvalue weighted by molar-refractivity contribution is 6.09. The number of aromatic nitrogens is 4. The van der Waals surface area contributed by atoms with Crippen LogP contribution in [0.4, 0.5) is 11.4 Å². The third kappa shape index (κ3) is 3.82. The molecular weight excluding hydrogens is 330 g/mol. The highest BCUT2D eigenvalue weighted by Gasteiger charge is 2.27. The fourth-order valence-corrected chi connectivity index (χ4v) is 2.17. The van der Waals surface area contributed by atoms with Crippen LogP contribution in [0.5, 0.6) is 0 Å². The molecule has 2 rings (SSSR count). The van der Waals surface area contributed by atoms with Gasteiger partial charge in [-0.25, -0.2) is 0 Å². The smallest absolute Gasteiger partial charge is 0.320 e. The molecule has 2 aromatic heterocycles. The van der Waals surface area contributed by atoms with Crippen molar-refractivity contribution in [3.63, 3.8) is 0 Å². The minimum Gasteiger partial charge on any atom is -0.351 e. The van der Waals surface area contributed by atoms with E-state index in [1.165, 1.54) is 17.9 Å². The van der Waals surface area contributed by atoms with E-state index >= 15 is 0 Å². The number of carbonyl (C=O) groups excluding carboxylic acids is 2. The molecule has 0 bridgehead atoms. The van der Waals surface area contributed by atoms with Crippen LogP contribution in [0.2, 0.25) is 0 Å². The first kappa shape index (κ1) is 18.1. The molecule has 0 aliphatic heterocycles. The quantitative estimate of drug-likeness (QED) is 0.563. The Balaban J connectivity index is 2.32. The number of nitrogens with zero attached hydrogens (tertiary/aromatic N) is 5. The third-order valence-corrected chi connectivity index (χ3v) is 3.42. The van der Waals surface area contributed by atoms with E-state index in [9.17, 15) is 19.7 Å². The normalized spacial score (nSPS) is 10.5. The van der Waals surface area contributed by atoms with Crippen molar-refractivity contribution in [3.05, 3.63) is 33.9 Å². The van der Waals surface area contributed by atoms with Gasteiger partial charge in [-0.15, -0.1) is 0 Å². The number of nitro groups is 1. The molecule has 2 heterocycles. The van der Waals surface area contributed by atoms with Gasteiger partial charge in [0.1, 0.15) is 6.20 Å². The van der Waals surface area contributed by atoms with Crippen LogP contribution in [-0.4, -0.2) is 42.8 Å². The Labute approximate surface area is 143 Å². The standard InChI is InChI=1S/C14H19N7O4/c1-4-6-15-13(22)11-9(8-20(5-2)18-11)17-14(23)12-10(21(24)25)7-16-19(12)3/h7-8H,4-6H2,1-3H3,(H,15,22)(H,17,23). The van der Waals surface area contributed by atoms with Gasteiger partial charge in [-0.2, -0.15) is 10.2 Å². The summed E-state index contributed by atoms with van der Waals surface area (Å²) in [5.41, 5.74) is -0.404. The summed E-state index contributed by atoms with van der Waals surface area (Å²) in [6.45, 7) is 4.71. The lowest BCUT2D eigenvalue weighted by atomic mass is 10.3. The predicted octanol–water partition coefficient (Wildman–Crippen LogP) is 0.937. The van der Waals surface area contributed by atoms with Crippen molar-refractivity contribution in [2.45, 2.75) is 26.8 Å². The molecule has 25 heavy (non-hydrogen) atoms. The number of hydrogen-bond donors (Lipinski definition) is 2. The molecular formula is C14H19N7O4. The largest absolute Gasteiger partial charge is 0.351 e. The average Bonchev–Trinajstić information content (AvgIpc) is 3.16. The summed E-state index contributed by atoms with van der Waals surface area (Å²) in [5.74, 6) is -1.17. The van der Waals surface area contributed by atoms with Crippen LogP contribution in [-0.2, 0) is 13.6 Å². The van der Waals surface area contributed by atoms with Crippen molar-refractivity contribution in [2.75, 3.05) is 11.9 Å². The minimum atomic E-state index is -0.744. The first-order chi connectivity index (χ1) is 11.9. The molecule has 0 radical (unpaired) electrons. The molecule has 2 aromatic rings. The van der Waals surface area contributed by atoms with Gasteiger partial charge in [-0.1, -0.05) is 6.92 Å². The highest BCUT2D eigenvalue weighted by atomic mass is 16.6. The van der Waals surface area contributed by atoms with Crippen LogP contribution in [0.25, 0.3) is 0 Å². The summed E-state index contributed by atoms with van der Waals surface area (Å²) < 4.78 is 2.60. The molecule has 0 atom stereocenters. The molecule has 134 valence electrons. The van der Waals surface area contributed by atoms with Gasteiger partial charge in [0.15, 0.2) is 5.69 Å². The molecule has 0 fully saturated rings.